The van der Waals surface area contributed by atoms with E-state index in [4.69, 9.17) is 14.2 Å². The van der Waals surface area contributed by atoms with E-state index in [0.29, 0.717) is 22.6 Å². The molecule has 0 atom stereocenters. The lowest BCUT2D eigenvalue weighted by molar-refractivity contribution is -0.384. The molecule has 3 rings (SSSR count). The lowest BCUT2D eigenvalue weighted by atomic mass is 10.0. The maximum absolute atomic E-state index is 12.4. The molecule has 0 N–H and O–H groups in total. The molecule has 0 amide bonds. The molecule has 0 unspecified atom stereocenters. The Bertz CT molecular complexity index is 1210. The number of ether oxygens (including phenoxy) is 3. The second-order valence-electron chi connectivity index (χ2n) is 6.50. The van der Waals surface area contributed by atoms with Gasteiger partial charge in [0.1, 0.15) is 5.75 Å². The molecule has 8 heteroatoms. The number of nitriles is 1. The molecule has 160 valence electrons. The van der Waals surface area contributed by atoms with Crippen molar-refractivity contribution < 1.29 is 23.9 Å². The van der Waals surface area contributed by atoms with Crippen LogP contribution in [-0.2, 0) is 0 Å². The van der Waals surface area contributed by atoms with Gasteiger partial charge in [0.05, 0.1) is 36.3 Å². The Morgan fingerprint density at radius 2 is 1.59 bits per heavy atom. The van der Waals surface area contributed by atoms with Gasteiger partial charge in [0, 0.05) is 12.1 Å². The first kappa shape index (κ1) is 22.1. The summed E-state index contributed by atoms with van der Waals surface area (Å²) in [5.41, 5.74) is 1.86. The summed E-state index contributed by atoms with van der Waals surface area (Å²) in [4.78, 5) is 22.6. The lowest BCUT2D eigenvalue weighted by Crippen LogP contribution is -2.09. The molecular formula is C24H18N2O6. The highest BCUT2D eigenvalue weighted by Crippen LogP contribution is 2.31. The zero-order chi connectivity index (χ0) is 23.1. The van der Waals surface area contributed by atoms with Gasteiger partial charge in [-0.05, 0) is 65.7 Å². The van der Waals surface area contributed by atoms with Crippen molar-refractivity contribution in [1.29, 1.82) is 5.26 Å². The molecule has 0 aliphatic rings. The number of hydrogen-bond acceptors (Lipinski definition) is 7. The molecular weight excluding hydrogens is 412 g/mol. The summed E-state index contributed by atoms with van der Waals surface area (Å²) in [6.07, 6.45) is 1.69. The van der Waals surface area contributed by atoms with Crippen LogP contribution >= 0.6 is 0 Å². The van der Waals surface area contributed by atoms with Crippen LogP contribution in [0.1, 0.15) is 21.5 Å². The van der Waals surface area contributed by atoms with Gasteiger partial charge in [-0.15, -0.1) is 0 Å². The van der Waals surface area contributed by atoms with Crippen LogP contribution in [-0.4, -0.2) is 25.1 Å². The number of nitro groups is 1. The van der Waals surface area contributed by atoms with Crippen LogP contribution in [0.2, 0.25) is 0 Å². The number of carbonyl (C=O) groups excluding carboxylic acids is 1. The summed E-state index contributed by atoms with van der Waals surface area (Å²) in [6, 6.07) is 19.2. The second-order valence-corrected chi connectivity index (χ2v) is 6.50. The number of hydrogen-bond donors (Lipinski definition) is 0. The first-order valence-electron chi connectivity index (χ1n) is 9.36. The third kappa shape index (κ3) is 5.09. The van der Waals surface area contributed by atoms with Crippen LogP contribution in [0.5, 0.6) is 17.2 Å². The highest BCUT2D eigenvalue weighted by atomic mass is 16.6. The van der Waals surface area contributed by atoms with Gasteiger partial charge in [0.15, 0.2) is 11.5 Å². The molecule has 0 fully saturated rings. The number of esters is 1. The number of non-ortho nitro benzene ring substituents is 1. The molecule has 0 saturated heterocycles. The number of rotatable bonds is 7. The summed E-state index contributed by atoms with van der Waals surface area (Å²) >= 11 is 0. The number of nitrogens with zero attached hydrogens (tertiary/aromatic N) is 2. The van der Waals surface area contributed by atoms with E-state index in [1.54, 1.807) is 55.7 Å². The normalized spacial score (nSPS) is 10.7. The highest BCUT2D eigenvalue weighted by Gasteiger charge is 2.15. The van der Waals surface area contributed by atoms with Gasteiger partial charge in [-0.2, -0.15) is 5.26 Å². The van der Waals surface area contributed by atoms with E-state index in [1.165, 1.54) is 31.4 Å². The number of nitro benzene ring substituents is 1. The van der Waals surface area contributed by atoms with E-state index in [0.717, 1.165) is 5.56 Å². The quantitative estimate of drug-likeness (QED) is 0.131. The number of allylic oxidation sites excluding steroid dienone is 1. The van der Waals surface area contributed by atoms with Crippen LogP contribution in [0.15, 0.2) is 66.7 Å². The zero-order valence-electron chi connectivity index (χ0n) is 17.3. The molecule has 3 aromatic carbocycles. The van der Waals surface area contributed by atoms with Crippen molar-refractivity contribution in [3.8, 4) is 23.3 Å². The predicted octanol–water partition coefficient (Wildman–Crippen LogP) is 4.90. The molecule has 0 heterocycles. The summed E-state index contributed by atoms with van der Waals surface area (Å²) in [6.45, 7) is 0. The van der Waals surface area contributed by atoms with Crippen molar-refractivity contribution >= 4 is 23.3 Å². The Balaban J connectivity index is 1.83. The number of carbonyl (C=O) groups is 1. The molecule has 0 saturated carbocycles. The average Bonchev–Trinajstić information content (AvgIpc) is 2.83. The number of methoxy groups -OCH3 is 2. The minimum atomic E-state index is -0.683. The monoisotopic (exact) mass is 430 g/mol. The Kier molecular flexibility index (Phi) is 6.83. The van der Waals surface area contributed by atoms with E-state index in [1.807, 2.05) is 0 Å². The van der Waals surface area contributed by atoms with Gasteiger partial charge in [0.2, 0.25) is 0 Å². The van der Waals surface area contributed by atoms with Gasteiger partial charge < -0.3 is 14.2 Å². The Morgan fingerprint density at radius 3 is 2.16 bits per heavy atom. The summed E-state index contributed by atoms with van der Waals surface area (Å²) in [5.74, 6) is 0.473. The summed E-state index contributed by atoms with van der Waals surface area (Å²) in [5, 5.41) is 20.3. The van der Waals surface area contributed by atoms with Crippen LogP contribution < -0.4 is 14.2 Å². The van der Waals surface area contributed by atoms with Crippen molar-refractivity contribution in [2.24, 2.45) is 0 Å². The summed E-state index contributed by atoms with van der Waals surface area (Å²) in [7, 11) is 3.00. The van der Waals surface area contributed by atoms with E-state index in [2.05, 4.69) is 6.07 Å². The van der Waals surface area contributed by atoms with Crippen molar-refractivity contribution in [2.45, 2.75) is 0 Å². The molecule has 0 bridgehead atoms. The van der Waals surface area contributed by atoms with E-state index >= 15 is 0 Å². The van der Waals surface area contributed by atoms with Crippen molar-refractivity contribution in [1.82, 2.24) is 0 Å². The zero-order valence-corrected chi connectivity index (χ0v) is 17.3. The van der Waals surface area contributed by atoms with Crippen molar-refractivity contribution in [2.75, 3.05) is 14.2 Å². The van der Waals surface area contributed by atoms with Gasteiger partial charge in [-0.3, -0.25) is 10.1 Å². The molecule has 0 aliphatic carbocycles. The predicted molar refractivity (Wildman–Crippen MR) is 118 cm³/mol. The van der Waals surface area contributed by atoms with Crippen LogP contribution in [0.3, 0.4) is 0 Å². The fourth-order valence-electron chi connectivity index (χ4n) is 2.85. The average molecular weight is 430 g/mol. The molecule has 0 aliphatic heterocycles. The van der Waals surface area contributed by atoms with Gasteiger partial charge >= 0.3 is 5.97 Å². The van der Waals surface area contributed by atoms with Crippen LogP contribution in [0, 0.1) is 21.4 Å². The number of benzene rings is 3. The maximum atomic E-state index is 12.4. The van der Waals surface area contributed by atoms with Gasteiger partial charge in [-0.25, -0.2) is 4.79 Å². The molecule has 0 spiro atoms. The SMILES string of the molecule is COc1ccc(/C(C#N)=C\c2ccc(OC(=O)c3ccc([N+](=O)[O-])cc3)c(OC)c2)cc1. The first-order valence-corrected chi connectivity index (χ1v) is 9.36. The first-order chi connectivity index (χ1) is 15.4. The van der Waals surface area contributed by atoms with Gasteiger partial charge in [0.25, 0.3) is 5.69 Å². The van der Waals surface area contributed by atoms with Crippen molar-refractivity contribution in [3.05, 3.63) is 93.5 Å². The minimum absolute atomic E-state index is 0.125. The summed E-state index contributed by atoms with van der Waals surface area (Å²) < 4.78 is 15.8. The minimum Gasteiger partial charge on any atom is -0.497 e. The van der Waals surface area contributed by atoms with Gasteiger partial charge in [-0.1, -0.05) is 6.07 Å². The van der Waals surface area contributed by atoms with Crippen LogP contribution in [0.4, 0.5) is 5.69 Å². The molecule has 0 aromatic heterocycles. The molecule has 3 aromatic rings. The smallest absolute Gasteiger partial charge is 0.343 e. The van der Waals surface area contributed by atoms with E-state index in [-0.39, 0.29) is 17.0 Å². The Labute approximate surface area is 184 Å². The fraction of sp³-hybridized carbons (Fsp3) is 0.0833. The molecule has 8 nitrogen and oxygen atoms in total. The second kappa shape index (κ2) is 9.91. The lowest BCUT2D eigenvalue weighted by Gasteiger charge is -2.10. The maximum Gasteiger partial charge on any atom is 0.343 e. The highest BCUT2D eigenvalue weighted by molar-refractivity contribution is 5.92. The fourth-order valence-corrected chi connectivity index (χ4v) is 2.85. The van der Waals surface area contributed by atoms with Crippen molar-refractivity contribution in [3.63, 3.8) is 0 Å². The topological polar surface area (TPSA) is 112 Å². The Hall–Kier alpha value is -4.64. The Morgan fingerprint density at radius 1 is 0.938 bits per heavy atom. The van der Waals surface area contributed by atoms with E-state index < -0.39 is 10.9 Å². The van der Waals surface area contributed by atoms with Crippen LogP contribution in [0.25, 0.3) is 11.6 Å². The third-order valence-electron chi connectivity index (χ3n) is 4.54. The largest absolute Gasteiger partial charge is 0.497 e. The molecule has 32 heavy (non-hydrogen) atoms. The standard InChI is InChI=1S/C24H18N2O6/c1-30-21-10-6-17(7-11-21)19(15-25)13-16-3-12-22(23(14-16)31-2)32-24(27)18-4-8-20(9-5-18)26(28)29/h3-14H,1-2H3/b19-13-. The van der Waals surface area contributed by atoms with E-state index in [9.17, 15) is 20.2 Å². The molecule has 0 radical (unpaired) electrons. The third-order valence-corrected chi connectivity index (χ3v) is 4.54.